The maximum Gasteiger partial charge on any atom is 0.335 e. The van der Waals surface area contributed by atoms with Gasteiger partial charge >= 0.3 is 5.97 Å². The van der Waals surface area contributed by atoms with Crippen LogP contribution < -0.4 is 10.6 Å². The van der Waals surface area contributed by atoms with Gasteiger partial charge in [-0.1, -0.05) is 0 Å². The molecule has 0 aliphatic carbocycles. The molecule has 1 aromatic carbocycles. The van der Waals surface area contributed by atoms with E-state index in [0.29, 0.717) is 0 Å². The van der Waals surface area contributed by atoms with E-state index in [-0.39, 0.29) is 10.7 Å². The first-order valence-corrected chi connectivity index (χ1v) is 4.29. The summed E-state index contributed by atoms with van der Waals surface area (Å²) >= 11 is 4.77. The minimum absolute atomic E-state index is 0.241. The Bertz CT molecular complexity index is 362. The highest BCUT2D eigenvalue weighted by Gasteiger charge is 2.05. The van der Waals surface area contributed by atoms with Gasteiger partial charge in [-0.2, -0.15) is 0 Å². The van der Waals surface area contributed by atoms with Crippen LogP contribution >= 0.6 is 12.2 Å². The van der Waals surface area contributed by atoms with E-state index in [1.807, 2.05) is 0 Å². The summed E-state index contributed by atoms with van der Waals surface area (Å²) in [6, 6.07) is 6.32. The quantitative estimate of drug-likeness (QED) is 0.714. The number of hydrogen-bond acceptors (Lipinski definition) is 2. The Morgan fingerprint density at radius 2 is 1.93 bits per heavy atom. The Balaban J connectivity index is 2.94. The number of carbonyl (C=O) groups is 1. The highest BCUT2D eigenvalue weighted by atomic mass is 32.1. The van der Waals surface area contributed by atoms with Gasteiger partial charge in [-0.25, -0.2) is 4.79 Å². The second kappa shape index (κ2) is 4.06. The van der Waals surface area contributed by atoms with E-state index in [1.54, 1.807) is 24.1 Å². The van der Waals surface area contributed by atoms with Gasteiger partial charge in [-0.3, -0.25) is 0 Å². The molecule has 0 fully saturated rings. The number of rotatable bonds is 2. The Labute approximate surface area is 86.9 Å². The number of hydrogen-bond donors (Lipinski definition) is 2. The van der Waals surface area contributed by atoms with Crippen LogP contribution in [0.3, 0.4) is 0 Å². The molecule has 1 rings (SSSR count). The molecule has 14 heavy (non-hydrogen) atoms. The molecule has 4 nitrogen and oxygen atoms in total. The molecule has 0 heterocycles. The summed E-state index contributed by atoms with van der Waals surface area (Å²) in [5, 5.41) is 8.90. The molecule has 74 valence electrons. The van der Waals surface area contributed by atoms with Crippen LogP contribution in [-0.4, -0.2) is 23.2 Å². The van der Waals surface area contributed by atoms with Gasteiger partial charge in [0.15, 0.2) is 5.11 Å². The molecule has 0 aliphatic heterocycles. The maximum atomic E-state index is 10.6. The minimum Gasteiger partial charge on any atom is -0.478 e. The van der Waals surface area contributed by atoms with Gasteiger partial charge in [0.05, 0.1) is 5.56 Å². The molecule has 0 spiro atoms. The van der Waals surface area contributed by atoms with Gasteiger partial charge in [0.1, 0.15) is 0 Å². The largest absolute Gasteiger partial charge is 0.478 e. The average molecular weight is 210 g/mol. The van der Waals surface area contributed by atoms with Crippen LogP contribution in [0, 0.1) is 0 Å². The van der Waals surface area contributed by atoms with E-state index in [9.17, 15) is 4.79 Å². The van der Waals surface area contributed by atoms with Gasteiger partial charge in [-0.05, 0) is 36.5 Å². The number of benzene rings is 1. The van der Waals surface area contributed by atoms with E-state index in [4.69, 9.17) is 23.1 Å². The standard InChI is InChI=1S/C9H10N2O2S/c1-11(9(10)14)7-4-2-6(3-5-7)8(12)13/h2-5H,1H3,(H2,10,14)(H,12,13). The van der Waals surface area contributed by atoms with Crippen molar-refractivity contribution in [3.8, 4) is 0 Å². The highest BCUT2D eigenvalue weighted by molar-refractivity contribution is 7.80. The van der Waals surface area contributed by atoms with Crippen LogP contribution in [0.15, 0.2) is 24.3 Å². The van der Waals surface area contributed by atoms with Crippen molar-refractivity contribution in [2.45, 2.75) is 0 Å². The molecule has 0 saturated carbocycles. The molecule has 0 saturated heterocycles. The zero-order valence-corrected chi connectivity index (χ0v) is 8.41. The molecule has 0 aromatic heterocycles. The topological polar surface area (TPSA) is 66.6 Å². The summed E-state index contributed by atoms with van der Waals surface area (Å²) in [4.78, 5) is 12.2. The van der Waals surface area contributed by atoms with E-state index in [0.717, 1.165) is 5.69 Å². The van der Waals surface area contributed by atoms with Crippen molar-refractivity contribution in [2.24, 2.45) is 5.73 Å². The number of aromatic carboxylic acids is 1. The van der Waals surface area contributed by atoms with Gasteiger partial charge < -0.3 is 15.7 Å². The number of carboxylic acids is 1. The van der Waals surface area contributed by atoms with Crippen molar-refractivity contribution in [1.29, 1.82) is 0 Å². The van der Waals surface area contributed by atoms with Crippen molar-refractivity contribution < 1.29 is 9.90 Å². The second-order valence-electron chi connectivity index (χ2n) is 2.75. The minimum atomic E-state index is -0.950. The SMILES string of the molecule is CN(C(N)=S)c1ccc(C(=O)O)cc1. The van der Waals surface area contributed by atoms with Crippen molar-refractivity contribution >= 4 is 29.0 Å². The summed E-state index contributed by atoms with van der Waals surface area (Å²) in [6.45, 7) is 0. The normalized spacial score (nSPS) is 9.50. The molecule has 0 amide bonds. The van der Waals surface area contributed by atoms with Gasteiger partial charge in [-0.15, -0.1) is 0 Å². The Morgan fingerprint density at radius 3 is 2.29 bits per heavy atom. The maximum absolute atomic E-state index is 10.6. The van der Waals surface area contributed by atoms with Crippen molar-refractivity contribution in [3.05, 3.63) is 29.8 Å². The van der Waals surface area contributed by atoms with Gasteiger partial charge in [0, 0.05) is 12.7 Å². The van der Waals surface area contributed by atoms with Gasteiger partial charge in [0.25, 0.3) is 0 Å². The fourth-order valence-corrected chi connectivity index (χ4v) is 1.06. The Morgan fingerprint density at radius 1 is 1.43 bits per heavy atom. The fraction of sp³-hybridized carbons (Fsp3) is 0.111. The zero-order valence-electron chi connectivity index (χ0n) is 7.60. The van der Waals surface area contributed by atoms with Crippen LogP contribution in [0.5, 0.6) is 0 Å². The third-order valence-electron chi connectivity index (χ3n) is 1.83. The van der Waals surface area contributed by atoms with Crippen molar-refractivity contribution in [1.82, 2.24) is 0 Å². The monoisotopic (exact) mass is 210 g/mol. The lowest BCUT2D eigenvalue weighted by Gasteiger charge is -2.16. The predicted molar refractivity (Wildman–Crippen MR) is 58.6 cm³/mol. The van der Waals surface area contributed by atoms with Crippen LogP contribution in [0.25, 0.3) is 0 Å². The Hall–Kier alpha value is -1.62. The first kappa shape index (κ1) is 10.5. The molecule has 3 N–H and O–H groups in total. The third-order valence-corrected chi connectivity index (χ3v) is 2.11. The van der Waals surface area contributed by atoms with E-state index < -0.39 is 5.97 Å². The van der Waals surface area contributed by atoms with Crippen molar-refractivity contribution in [2.75, 3.05) is 11.9 Å². The molecule has 0 aliphatic rings. The summed E-state index contributed by atoms with van der Waals surface area (Å²) in [6.07, 6.45) is 0. The average Bonchev–Trinajstić information content (AvgIpc) is 2.16. The van der Waals surface area contributed by atoms with Crippen LogP contribution in [0.1, 0.15) is 10.4 Å². The smallest absolute Gasteiger partial charge is 0.335 e. The molecule has 5 heteroatoms. The van der Waals surface area contributed by atoms with E-state index >= 15 is 0 Å². The first-order chi connectivity index (χ1) is 6.52. The van der Waals surface area contributed by atoms with Crippen LogP contribution in [0.2, 0.25) is 0 Å². The van der Waals surface area contributed by atoms with E-state index in [2.05, 4.69) is 0 Å². The number of nitrogens with zero attached hydrogens (tertiary/aromatic N) is 1. The zero-order chi connectivity index (χ0) is 10.7. The molecule has 0 bridgehead atoms. The first-order valence-electron chi connectivity index (χ1n) is 3.89. The van der Waals surface area contributed by atoms with Gasteiger partial charge in [0.2, 0.25) is 0 Å². The number of thiocarbonyl (C=S) groups is 1. The van der Waals surface area contributed by atoms with Crippen LogP contribution in [-0.2, 0) is 0 Å². The lowest BCUT2D eigenvalue weighted by Crippen LogP contribution is -2.31. The fourth-order valence-electron chi connectivity index (χ4n) is 0.955. The highest BCUT2D eigenvalue weighted by Crippen LogP contribution is 2.13. The number of carboxylic acid groups (broad SMARTS) is 1. The van der Waals surface area contributed by atoms with Crippen molar-refractivity contribution in [3.63, 3.8) is 0 Å². The second-order valence-corrected chi connectivity index (χ2v) is 3.17. The lowest BCUT2D eigenvalue weighted by molar-refractivity contribution is 0.0697. The summed E-state index contributed by atoms with van der Waals surface area (Å²) in [5.41, 5.74) is 6.41. The van der Waals surface area contributed by atoms with Crippen LogP contribution in [0.4, 0.5) is 5.69 Å². The molecule has 0 atom stereocenters. The third kappa shape index (κ3) is 2.20. The molecular weight excluding hydrogens is 200 g/mol. The molecule has 0 unspecified atom stereocenters. The number of nitrogens with two attached hydrogens (primary N) is 1. The lowest BCUT2D eigenvalue weighted by atomic mass is 10.2. The predicted octanol–water partition coefficient (Wildman–Crippen LogP) is 1.06. The number of anilines is 1. The summed E-state index contributed by atoms with van der Waals surface area (Å²) in [5.74, 6) is -0.950. The Kier molecular flexibility index (Phi) is 3.03. The summed E-state index contributed by atoms with van der Waals surface area (Å²) < 4.78 is 0. The molecule has 0 radical (unpaired) electrons. The molecule has 1 aromatic rings. The van der Waals surface area contributed by atoms with E-state index in [1.165, 1.54) is 12.1 Å². The molecular formula is C9H10N2O2S. The summed E-state index contributed by atoms with van der Waals surface area (Å²) in [7, 11) is 1.72.